The lowest BCUT2D eigenvalue weighted by molar-refractivity contribution is 0.116. The van der Waals surface area contributed by atoms with Crippen LogP contribution in [-0.2, 0) is 6.54 Å². The van der Waals surface area contributed by atoms with Crippen LogP contribution < -0.4 is 4.90 Å². The molecule has 2 saturated heterocycles. The summed E-state index contributed by atoms with van der Waals surface area (Å²) in [6.07, 6.45) is -2.03. The third-order valence-corrected chi connectivity index (χ3v) is 5.89. The summed E-state index contributed by atoms with van der Waals surface area (Å²) in [5, 5.41) is 6.78. The van der Waals surface area contributed by atoms with Gasteiger partial charge in [-0.1, -0.05) is 6.07 Å². The topological polar surface area (TPSA) is 45.4 Å². The Balaban J connectivity index is 1.27. The summed E-state index contributed by atoms with van der Waals surface area (Å²) in [7, 11) is 0. The molecule has 0 N–H and O–H groups in total. The highest BCUT2D eigenvalue weighted by molar-refractivity contribution is 5.54. The maximum atomic E-state index is 14.7. The average Bonchev–Trinajstić information content (AvgIpc) is 3.47. The monoisotopic (exact) mass is 436 g/mol. The van der Waals surface area contributed by atoms with E-state index in [1.165, 1.54) is 12.1 Å². The number of likely N-dealkylation sites (tertiary alicyclic amines) is 1. The molecule has 0 aliphatic carbocycles. The molecule has 2 fully saturated rings. The van der Waals surface area contributed by atoms with Crippen LogP contribution in [0.25, 0.3) is 11.5 Å². The molecular weight excluding hydrogens is 419 g/mol. The zero-order valence-corrected chi connectivity index (χ0v) is 16.1. The number of hydrogen-bond acceptors (Lipinski definition) is 5. The first-order valence-electron chi connectivity index (χ1n) is 9.75. The molecule has 2 atom stereocenters. The van der Waals surface area contributed by atoms with Crippen molar-refractivity contribution in [3.05, 3.63) is 65.3 Å². The molecule has 5 rings (SSSR count). The molecule has 0 spiro atoms. The Labute approximate surface area is 174 Å². The Morgan fingerprint density at radius 3 is 2.42 bits per heavy atom. The van der Waals surface area contributed by atoms with Crippen LogP contribution in [0.5, 0.6) is 0 Å². The number of hydrogen-bond donors (Lipinski definition) is 0. The SMILES string of the molecule is Fc1ccc(N2C[C@@H]3C[C@H]2CN3Cc2ccc(-c3nnc(C(F)F)o3)cc2F)cc1F. The van der Waals surface area contributed by atoms with Crippen molar-refractivity contribution >= 4 is 5.69 Å². The minimum Gasteiger partial charge on any atom is -0.415 e. The van der Waals surface area contributed by atoms with Crippen LogP contribution in [0.1, 0.15) is 24.3 Å². The number of benzene rings is 2. The molecule has 2 aliphatic rings. The Hall–Kier alpha value is -3.01. The predicted octanol–water partition coefficient (Wildman–Crippen LogP) is 4.55. The van der Waals surface area contributed by atoms with E-state index >= 15 is 0 Å². The normalized spacial score (nSPS) is 20.9. The Kier molecular flexibility index (Phi) is 4.88. The highest BCUT2D eigenvalue weighted by Gasteiger charge is 2.43. The second kappa shape index (κ2) is 7.60. The van der Waals surface area contributed by atoms with Crippen LogP contribution >= 0.6 is 0 Å². The van der Waals surface area contributed by atoms with Crippen molar-refractivity contribution in [2.45, 2.75) is 31.5 Å². The van der Waals surface area contributed by atoms with Gasteiger partial charge in [-0.05, 0) is 30.7 Å². The molecule has 162 valence electrons. The van der Waals surface area contributed by atoms with Gasteiger partial charge >= 0.3 is 6.43 Å². The van der Waals surface area contributed by atoms with Crippen LogP contribution in [-0.4, -0.2) is 40.3 Å². The number of aromatic nitrogens is 2. The second-order valence-corrected chi connectivity index (χ2v) is 7.78. The van der Waals surface area contributed by atoms with Gasteiger partial charge in [0.2, 0.25) is 5.89 Å². The van der Waals surface area contributed by atoms with Crippen LogP contribution in [0.15, 0.2) is 40.8 Å². The first-order valence-corrected chi connectivity index (χ1v) is 9.75. The van der Waals surface area contributed by atoms with E-state index < -0.39 is 29.8 Å². The molecule has 2 bridgehead atoms. The predicted molar refractivity (Wildman–Crippen MR) is 101 cm³/mol. The molecular formula is C21H17F5N4O. The highest BCUT2D eigenvalue weighted by atomic mass is 19.3. The van der Waals surface area contributed by atoms with E-state index in [4.69, 9.17) is 4.42 Å². The fraction of sp³-hybridized carbons (Fsp3) is 0.333. The molecule has 0 amide bonds. The largest absolute Gasteiger partial charge is 0.415 e. The number of halogens is 5. The van der Waals surface area contributed by atoms with Crippen molar-refractivity contribution in [2.24, 2.45) is 0 Å². The van der Waals surface area contributed by atoms with Gasteiger partial charge < -0.3 is 9.32 Å². The van der Waals surface area contributed by atoms with Crippen molar-refractivity contribution in [2.75, 3.05) is 18.0 Å². The van der Waals surface area contributed by atoms with Crippen molar-refractivity contribution in [1.82, 2.24) is 15.1 Å². The van der Waals surface area contributed by atoms with E-state index in [1.54, 1.807) is 18.2 Å². The van der Waals surface area contributed by atoms with Crippen LogP contribution in [0.4, 0.5) is 27.6 Å². The third-order valence-electron chi connectivity index (χ3n) is 5.89. The molecule has 5 nitrogen and oxygen atoms in total. The van der Waals surface area contributed by atoms with E-state index in [0.717, 1.165) is 12.5 Å². The standard InChI is InChI=1S/C21H17F5N4O/c22-16-4-3-13(7-18(16)24)30-10-14-6-15(30)9-29(14)8-12-2-1-11(5-17(12)23)20-27-28-21(31-20)19(25)26/h1-5,7,14-15,19H,6,8-10H2/t14-,15-/m0/s1. The lowest BCUT2D eigenvalue weighted by Gasteiger charge is -2.35. The summed E-state index contributed by atoms with van der Waals surface area (Å²) in [5.41, 5.74) is 1.33. The Bertz CT molecular complexity index is 1120. The zero-order chi connectivity index (χ0) is 21.7. The number of fused-ring (bicyclic) bond motifs is 2. The smallest absolute Gasteiger partial charge is 0.314 e. The molecule has 0 unspecified atom stereocenters. The molecule has 3 heterocycles. The van der Waals surface area contributed by atoms with E-state index in [1.807, 2.05) is 0 Å². The minimum absolute atomic E-state index is 0.142. The van der Waals surface area contributed by atoms with Crippen LogP contribution in [0.3, 0.4) is 0 Å². The van der Waals surface area contributed by atoms with Crippen molar-refractivity contribution in [1.29, 1.82) is 0 Å². The van der Waals surface area contributed by atoms with Gasteiger partial charge in [-0.3, -0.25) is 4.90 Å². The first-order chi connectivity index (χ1) is 14.9. The fourth-order valence-corrected chi connectivity index (χ4v) is 4.39. The van der Waals surface area contributed by atoms with Gasteiger partial charge in [-0.2, -0.15) is 8.78 Å². The maximum absolute atomic E-state index is 14.7. The molecule has 2 aliphatic heterocycles. The zero-order valence-electron chi connectivity index (χ0n) is 16.1. The number of alkyl halides is 2. The molecule has 1 aromatic heterocycles. The quantitative estimate of drug-likeness (QED) is 0.549. The van der Waals surface area contributed by atoms with Crippen molar-refractivity contribution < 1.29 is 26.4 Å². The summed E-state index contributed by atoms with van der Waals surface area (Å²) < 4.78 is 71.5. The number of rotatable bonds is 5. The number of piperazine rings is 1. The Morgan fingerprint density at radius 1 is 0.935 bits per heavy atom. The molecule has 0 radical (unpaired) electrons. The molecule has 31 heavy (non-hydrogen) atoms. The average molecular weight is 436 g/mol. The van der Waals surface area contributed by atoms with Gasteiger partial charge in [0.1, 0.15) is 5.82 Å². The third kappa shape index (κ3) is 3.65. The van der Waals surface area contributed by atoms with Gasteiger partial charge in [0.05, 0.1) is 0 Å². The lowest BCUT2D eigenvalue weighted by atomic mass is 10.1. The van der Waals surface area contributed by atoms with Gasteiger partial charge in [0, 0.05) is 54.6 Å². The van der Waals surface area contributed by atoms with Gasteiger partial charge in [-0.25, -0.2) is 13.2 Å². The number of nitrogens with zero attached hydrogens (tertiary/aromatic N) is 4. The molecule has 2 aromatic carbocycles. The van der Waals surface area contributed by atoms with Crippen molar-refractivity contribution in [3.63, 3.8) is 0 Å². The molecule has 0 saturated carbocycles. The van der Waals surface area contributed by atoms with Gasteiger partial charge in [0.15, 0.2) is 11.6 Å². The van der Waals surface area contributed by atoms with E-state index in [-0.39, 0.29) is 23.5 Å². The lowest BCUT2D eigenvalue weighted by Crippen LogP contribution is -2.46. The van der Waals surface area contributed by atoms with Crippen LogP contribution in [0.2, 0.25) is 0 Å². The highest BCUT2D eigenvalue weighted by Crippen LogP contribution is 2.36. The summed E-state index contributed by atoms with van der Waals surface area (Å²) in [5.74, 6) is -3.21. The van der Waals surface area contributed by atoms with Gasteiger partial charge in [0.25, 0.3) is 5.89 Å². The molecule has 10 heteroatoms. The van der Waals surface area contributed by atoms with Crippen molar-refractivity contribution in [3.8, 4) is 11.5 Å². The number of anilines is 1. The van der Waals surface area contributed by atoms with Gasteiger partial charge in [-0.15, -0.1) is 10.2 Å². The van der Waals surface area contributed by atoms with Crippen LogP contribution in [0, 0.1) is 17.5 Å². The summed E-state index contributed by atoms with van der Waals surface area (Å²) in [6, 6.07) is 8.54. The molecule has 3 aromatic rings. The summed E-state index contributed by atoms with van der Waals surface area (Å²) in [4.78, 5) is 4.21. The summed E-state index contributed by atoms with van der Waals surface area (Å²) >= 11 is 0. The Morgan fingerprint density at radius 2 is 1.77 bits per heavy atom. The van der Waals surface area contributed by atoms with E-state index in [2.05, 4.69) is 20.0 Å². The second-order valence-electron chi connectivity index (χ2n) is 7.78. The minimum atomic E-state index is -2.89. The van der Waals surface area contributed by atoms with E-state index in [0.29, 0.717) is 30.9 Å². The first kappa shape index (κ1) is 19.9. The fourth-order valence-electron chi connectivity index (χ4n) is 4.39. The summed E-state index contributed by atoms with van der Waals surface area (Å²) in [6.45, 7) is 1.70. The maximum Gasteiger partial charge on any atom is 0.314 e. The van der Waals surface area contributed by atoms with E-state index in [9.17, 15) is 22.0 Å².